The SMILES string of the molecule is O=C(O)C[C@H]1COc2cc(F)ccc2N1Cc1cc(Cl)c2c(c1)NC(=O)CO2. The Balaban J connectivity index is 1.70. The molecule has 2 heterocycles. The van der Waals surface area contributed by atoms with Gasteiger partial charge in [0.15, 0.2) is 12.4 Å². The Labute approximate surface area is 164 Å². The van der Waals surface area contributed by atoms with Gasteiger partial charge in [-0.15, -0.1) is 0 Å². The molecule has 1 amide bonds. The number of carbonyl (C=O) groups is 2. The highest BCUT2D eigenvalue weighted by Gasteiger charge is 2.30. The van der Waals surface area contributed by atoms with Gasteiger partial charge in [-0.2, -0.15) is 0 Å². The first-order valence-corrected chi connectivity index (χ1v) is 8.94. The molecule has 0 aliphatic carbocycles. The molecule has 9 heteroatoms. The molecule has 2 aliphatic rings. The predicted octanol–water partition coefficient (Wildman–Crippen LogP) is 3.05. The fourth-order valence-corrected chi connectivity index (χ4v) is 3.70. The quantitative estimate of drug-likeness (QED) is 0.811. The van der Waals surface area contributed by atoms with E-state index in [0.29, 0.717) is 34.4 Å². The molecule has 1 atom stereocenters. The number of carbonyl (C=O) groups excluding carboxylic acids is 1. The van der Waals surface area contributed by atoms with E-state index in [-0.39, 0.29) is 25.5 Å². The van der Waals surface area contributed by atoms with Crippen LogP contribution < -0.4 is 19.7 Å². The van der Waals surface area contributed by atoms with Crippen molar-refractivity contribution in [3.8, 4) is 11.5 Å². The lowest BCUT2D eigenvalue weighted by Gasteiger charge is -2.38. The van der Waals surface area contributed by atoms with E-state index in [4.69, 9.17) is 21.1 Å². The van der Waals surface area contributed by atoms with E-state index in [1.807, 2.05) is 4.90 Å². The molecule has 0 bridgehead atoms. The second kappa shape index (κ2) is 7.20. The van der Waals surface area contributed by atoms with Crippen LogP contribution in [-0.4, -0.2) is 36.2 Å². The number of aliphatic carboxylic acids is 1. The van der Waals surface area contributed by atoms with Crippen molar-refractivity contribution in [3.05, 3.63) is 46.7 Å². The molecule has 2 aromatic rings. The number of ether oxygens (including phenoxy) is 2. The Morgan fingerprint density at radius 1 is 1.32 bits per heavy atom. The van der Waals surface area contributed by atoms with Crippen LogP contribution in [0.4, 0.5) is 15.8 Å². The molecule has 0 saturated carbocycles. The number of carboxylic acids is 1. The minimum Gasteiger partial charge on any atom is -0.489 e. The van der Waals surface area contributed by atoms with Gasteiger partial charge >= 0.3 is 5.97 Å². The Morgan fingerprint density at radius 3 is 2.93 bits per heavy atom. The van der Waals surface area contributed by atoms with Crippen LogP contribution in [0.3, 0.4) is 0 Å². The van der Waals surface area contributed by atoms with Crippen molar-refractivity contribution in [3.63, 3.8) is 0 Å². The van der Waals surface area contributed by atoms with Gasteiger partial charge in [-0.3, -0.25) is 9.59 Å². The molecule has 0 saturated heterocycles. The summed E-state index contributed by atoms with van der Waals surface area (Å²) in [7, 11) is 0. The van der Waals surface area contributed by atoms with Crippen molar-refractivity contribution >= 4 is 34.9 Å². The molecule has 7 nitrogen and oxygen atoms in total. The summed E-state index contributed by atoms with van der Waals surface area (Å²) in [6.07, 6.45) is -0.144. The largest absolute Gasteiger partial charge is 0.489 e. The summed E-state index contributed by atoms with van der Waals surface area (Å²) in [5.41, 5.74) is 1.79. The maximum Gasteiger partial charge on any atom is 0.305 e. The zero-order chi connectivity index (χ0) is 19.8. The maximum absolute atomic E-state index is 13.6. The second-order valence-corrected chi connectivity index (χ2v) is 7.00. The van der Waals surface area contributed by atoms with Crippen LogP contribution in [0.15, 0.2) is 30.3 Å². The minimum atomic E-state index is -0.965. The molecule has 0 fully saturated rings. The van der Waals surface area contributed by atoms with Crippen LogP contribution in [0.1, 0.15) is 12.0 Å². The zero-order valence-corrected chi connectivity index (χ0v) is 15.3. The molecular formula is C19H16ClFN2O5. The van der Waals surface area contributed by atoms with Crippen LogP contribution in [0.2, 0.25) is 5.02 Å². The van der Waals surface area contributed by atoms with E-state index in [2.05, 4.69) is 5.32 Å². The summed E-state index contributed by atoms with van der Waals surface area (Å²) in [6.45, 7) is 0.305. The molecule has 2 aliphatic heterocycles. The van der Waals surface area contributed by atoms with Crippen LogP contribution in [0.25, 0.3) is 0 Å². The summed E-state index contributed by atoms with van der Waals surface area (Å²) < 4.78 is 24.5. The van der Waals surface area contributed by atoms with E-state index in [1.165, 1.54) is 12.1 Å². The molecule has 146 valence electrons. The summed E-state index contributed by atoms with van der Waals surface area (Å²) >= 11 is 6.29. The molecule has 0 spiro atoms. The average Bonchev–Trinajstić information content (AvgIpc) is 2.62. The highest BCUT2D eigenvalue weighted by Crippen LogP contribution is 2.40. The van der Waals surface area contributed by atoms with E-state index in [1.54, 1.807) is 18.2 Å². The van der Waals surface area contributed by atoms with Crippen molar-refractivity contribution in [2.24, 2.45) is 0 Å². The van der Waals surface area contributed by atoms with E-state index in [0.717, 1.165) is 5.56 Å². The first kappa shape index (κ1) is 18.4. The topological polar surface area (TPSA) is 88.1 Å². The van der Waals surface area contributed by atoms with Crippen LogP contribution in [0.5, 0.6) is 11.5 Å². The first-order chi connectivity index (χ1) is 13.4. The van der Waals surface area contributed by atoms with Crippen LogP contribution in [-0.2, 0) is 16.1 Å². The Morgan fingerprint density at radius 2 is 2.14 bits per heavy atom. The Kier molecular flexibility index (Phi) is 4.72. The Bertz CT molecular complexity index is 968. The van der Waals surface area contributed by atoms with E-state index >= 15 is 0 Å². The van der Waals surface area contributed by atoms with Gasteiger partial charge in [0.2, 0.25) is 0 Å². The van der Waals surface area contributed by atoms with Gasteiger partial charge in [0.1, 0.15) is 18.2 Å². The third kappa shape index (κ3) is 3.55. The summed E-state index contributed by atoms with van der Waals surface area (Å²) in [6, 6.07) is 7.11. The van der Waals surface area contributed by atoms with E-state index < -0.39 is 17.8 Å². The van der Waals surface area contributed by atoms with Gasteiger partial charge in [-0.1, -0.05) is 11.6 Å². The van der Waals surface area contributed by atoms with Gasteiger partial charge in [0.05, 0.1) is 28.9 Å². The molecule has 0 unspecified atom stereocenters. The monoisotopic (exact) mass is 406 g/mol. The standard InChI is InChI=1S/C19H16ClFN2O5/c20-13-3-10(4-14-19(13)28-9-17(24)22-14)7-23-12(6-18(25)26)8-27-16-5-11(21)1-2-15(16)23/h1-5,12H,6-9H2,(H,22,24)(H,25,26)/t12-/m0/s1. The molecule has 0 radical (unpaired) electrons. The fraction of sp³-hybridized carbons (Fsp3) is 0.263. The lowest BCUT2D eigenvalue weighted by Crippen LogP contribution is -2.44. The van der Waals surface area contributed by atoms with Crippen molar-refractivity contribution in [1.82, 2.24) is 0 Å². The smallest absolute Gasteiger partial charge is 0.305 e. The Hall–Kier alpha value is -3.00. The number of hydrogen-bond donors (Lipinski definition) is 2. The average molecular weight is 407 g/mol. The summed E-state index contributed by atoms with van der Waals surface area (Å²) in [5.74, 6) is -0.934. The molecular weight excluding hydrogens is 391 g/mol. The van der Waals surface area contributed by atoms with Gasteiger partial charge < -0.3 is 24.8 Å². The van der Waals surface area contributed by atoms with Crippen molar-refractivity contribution in [1.29, 1.82) is 0 Å². The summed E-state index contributed by atoms with van der Waals surface area (Å²) in [4.78, 5) is 24.7. The highest BCUT2D eigenvalue weighted by atomic mass is 35.5. The normalized spacial score (nSPS) is 17.7. The van der Waals surface area contributed by atoms with Crippen LogP contribution in [0, 0.1) is 5.82 Å². The van der Waals surface area contributed by atoms with E-state index in [9.17, 15) is 19.1 Å². The number of benzene rings is 2. The number of hydrogen-bond acceptors (Lipinski definition) is 5. The lowest BCUT2D eigenvalue weighted by molar-refractivity contribution is -0.137. The number of amides is 1. The number of rotatable bonds is 4. The number of carboxylic acid groups (broad SMARTS) is 1. The maximum atomic E-state index is 13.6. The van der Waals surface area contributed by atoms with Gasteiger partial charge in [-0.25, -0.2) is 4.39 Å². The minimum absolute atomic E-state index is 0.102. The van der Waals surface area contributed by atoms with Gasteiger partial charge in [0, 0.05) is 12.6 Å². The number of halogens is 2. The van der Waals surface area contributed by atoms with Crippen LogP contribution >= 0.6 is 11.6 Å². The zero-order valence-electron chi connectivity index (χ0n) is 14.6. The number of nitrogens with one attached hydrogen (secondary N) is 1. The number of nitrogens with zero attached hydrogens (tertiary/aromatic N) is 1. The van der Waals surface area contributed by atoms with Gasteiger partial charge in [0.25, 0.3) is 5.91 Å². The van der Waals surface area contributed by atoms with Gasteiger partial charge in [-0.05, 0) is 29.8 Å². The molecule has 2 aromatic carbocycles. The van der Waals surface area contributed by atoms with Crippen molar-refractivity contribution < 1.29 is 28.6 Å². The summed E-state index contributed by atoms with van der Waals surface area (Å²) in [5, 5.41) is 12.3. The fourth-order valence-electron chi connectivity index (χ4n) is 3.40. The van der Waals surface area contributed by atoms with Crippen molar-refractivity contribution in [2.75, 3.05) is 23.4 Å². The second-order valence-electron chi connectivity index (χ2n) is 6.59. The highest BCUT2D eigenvalue weighted by molar-refractivity contribution is 6.33. The number of anilines is 2. The molecule has 4 rings (SSSR count). The third-order valence-electron chi connectivity index (χ3n) is 4.59. The first-order valence-electron chi connectivity index (χ1n) is 8.56. The third-order valence-corrected chi connectivity index (χ3v) is 4.87. The molecule has 28 heavy (non-hydrogen) atoms. The molecule has 2 N–H and O–H groups in total. The number of fused-ring (bicyclic) bond motifs is 2. The molecule has 0 aromatic heterocycles. The van der Waals surface area contributed by atoms with Crippen molar-refractivity contribution in [2.45, 2.75) is 19.0 Å². The lowest BCUT2D eigenvalue weighted by atomic mass is 10.1. The predicted molar refractivity (Wildman–Crippen MR) is 99.7 cm³/mol.